The van der Waals surface area contributed by atoms with Crippen LogP contribution < -0.4 is 20.5 Å². The number of piperazine rings is 1. The van der Waals surface area contributed by atoms with E-state index < -0.39 is 5.60 Å². The van der Waals surface area contributed by atoms with Gasteiger partial charge in [0.2, 0.25) is 5.95 Å². The molecule has 0 saturated carbocycles. The molecule has 1 atom stereocenters. The maximum Gasteiger partial charge on any atom is 0.278 e. The number of benzene rings is 1. The van der Waals surface area contributed by atoms with E-state index in [1.807, 2.05) is 12.1 Å². The molecule has 40 heavy (non-hydrogen) atoms. The van der Waals surface area contributed by atoms with Crippen molar-refractivity contribution in [2.24, 2.45) is 0 Å². The normalized spacial score (nSPS) is 17.6. The van der Waals surface area contributed by atoms with Gasteiger partial charge in [0, 0.05) is 50.0 Å². The average molecular weight is 543 g/mol. The first-order valence-corrected chi connectivity index (χ1v) is 13.5. The molecule has 6 rings (SSSR count). The molecule has 4 aromatic rings. The molecule has 2 aliphatic heterocycles. The fourth-order valence-corrected chi connectivity index (χ4v) is 5.44. The lowest BCUT2D eigenvalue weighted by Gasteiger charge is -2.40. The zero-order chi connectivity index (χ0) is 28.0. The van der Waals surface area contributed by atoms with Crippen LogP contribution in [0.4, 0.5) is 17.3 Å². The fourth-order valence-electron chi connectivity index (χ4n) is 5.44. The summed E-state index contributed by atoms with van der Waals surface area (Å²) in [5, 5.41) is 14.2. The molecule has 1 unspecified atom stereocenters. The molecule has 11 heteroatoms. The van der Waals surface area contributed by atoms with E-state index in [2.05, 4.69) is 44.8 Å². The third-order valence-electron chi connectivity index (χ3n) is 7.48. The highest BCUT2D eigenvalue weighted by atomic mass is 16.5. The van der Waals surface area contributed by atoms with Crippen LogP contribution in [0, 0.1) is 0 Å². The number of rotatable bonds is 6. The summed E-state index contributed by atoms with van der Waals surface area (Å²) in [7, 11) is 2.17. The molecule has 5 heterocycles. The predicted molar refractivity (Wildman–Crippen MR) is 155 cm³/mol. The molecular weight excluding hydrogens is 508 g/mol. The second-order valence-corrected chi connectivity index (χ2v) is 10.9. The second-order valence-electron chi connectivity index (χ2n) is 10.9. The molecule has 0 aliphatic carbocycles. The lowest BCUT2D eigenvalue weighted by atomic mass is 10.1. The van der Waals surface area contributed by atoms with Gasteiger partial charge in [-0.05, 0) is 45.2 Å². The minimum Gasteiger partial charge on any atom is -0.491 e. The Morgan fingerprint density at radius 3 is 2.88 bits per heavy atom. The number of nitrogens with zero attached hydrogens (tertiary/aromatic N) is 7. The number of ether oxygens (including phenoxy) is 1. The molecular formula is C29H34N8O3. The molecule has 0 spiro atoms. The molecule has 2 aliphatic rings. The second kappa shape index (κ2) is 10.1. The van der Waals surface area contributed by atoms with Crippen molar-refractivity contribution < 1.29 is 9.84 Å². The molecule has 2 N–H and O–H groups in total. The van der Waals surface area contributed by atoms with Crippen LogP contribution in [0.15, 0.2) is 60.0 Å². The Kier molecular flexibility index (Phi) is 6.55. The minimum atomic E-state index is -1.15. The number of aliphatic hydroxyl groups is 1. The summed E-state index contributed by atoms with van der Waals surface area (Å²) in [4.78, 5) is 31.9. The number of hydrogen-bond donors (Lipinski definition) is 2. The number of nitrogens with one attached hydrogen (secondary N) is 1. The van der Waals surface area contributed by atoms with Gasteiger partial charge in [0.1, 0.15) is 16.7 Å². The van der Waals surface area contributed by atoms with E-state index in [0.29, 0.717) is 41.1 Å². The molecule has 0 radical (unpaired) electrons. The molecule has 11 nitrogen and oxygen atoms in total. The van der Waals surface area contributed by atoms with Gasteiger partial charge in [-0.2, -0.15) is 4.98 Å². The highest BCUT2D eigenvalue weighted by Crippen LogP contribution is 2.37. The maximum atomic E-state index is 13.3. The standard InChI is InChI=1S/C29H34N8O3/c1-5-12-36-27(38)21-17-30-28(33-26(21)37(36)25-8-6-7-24(32-25)29(2,3)39)31-19-9-10-22-23(16-19)40-15-11-20-18-34(4)13-14-35(20)22/h5-10,16-17,20,39H,1,11-15,18H2,2-4H3,(H,30,31,33). The van der Waals surface area contributed by atoms with E-state index in [1.54, 1.807) is 42.8 Å². The summed E-state index contributed by atoms with van der Waals surface area (Å²) < 4.78 is 9.32. The highest BCUT2D eigenvalue weighted by Gasteiger charge is 2.30. The number of hydrogen-bond acceptors (Lipinski definition) is 9. The number of pyridine rings is 1. The minimum absolute atomic E-state index is 0.252. The van der Waals surface area contributed by atoms with Crippen molar-refractivity contribution in [2.75, 3.05) is 43.5 Å². The van der Waals surface area contributed by atoms with Gasteiger partial charge in [0.25, 0.3) is 5.56 Å². The van der Waals surface area contributed by atoms with Crippen molar-refractivity contribution in [1.82, 2.24) is 29.2 Å². The first-order valence-electron chi connectivity index (χ1n) is 13.5. The Morgan fingerprint density at radius 2 is 2.08 bits per heavy atom. The molecule has 1 fully saturated rings. The summed E-state index contributed by atoms with van der Waals surface area (Å²) >= 11 is 0. The van der Waals surface area contributed by atoms with Gasteiger partial charge in [-0.25, -0.2) is 19.3 Å². The summed E-state index contributed by atoms with van der Waals surface area (Å²) in [5.74, 6) is 1.62. The Balaban J connectivity index is 1.38. The Labute approximate surface area is 232 Å². The van der Waals surface area contributed by atoms with Crippen LogP contribution in [0.2, 0.25) is 0 Å². The van der Waals surface area contributed by atoms with Gasteiger partial charge < -0.3 is 25.0 Å². The van der Waals surface area contributed by atoms with Crippen molar-refractivity contribution in [3.05, 3.63) is 71.3 Å². The first kappa shape index (κ1) is 26.0. The van der Waals surface area contributed by atoms with Gasteiger partial charge >= 0.3 is 0 Å². The molecule has 0 amide bonds. The van der Waals surface area contributed by atoms with E-state index in [0.717, 1.165) is 43.2 Å². The maximum absolute atomic E-state index is 13.3. The van der Waals surface area contributed by atoms with Crippen LogP contribution in [0.5, 0.6) is 5.75 Å². The van der Waals surface area contributed by atoms with E-state index >= 15 is 0 Å². The zero-order valence-corrected chi connectivity index (χ0v) is 23.0. The van der Waals surface area contributed by atoms with Crippen LogP contribution in [0.3, 0.4) is 0 Å². The van der Waals surface area contributed by atoms with Crippen molar-refractivity contribution in [3.63, 3.8) is 0 Å². The number of aromatic nitrogens is 5. The van der Waals surface area contributed by atoms with Gasteiger partial charge in [-0.1, -0.05) is 12.1 Å². The molecule has 0 bridgehead atoms. The summed E-state index contributed by atoms with van der Waals surface area (Å²) in [5.41, 5.74) is 1.36. The lowest BCUT2D eigenvalue weighted by molar-refractivity contribution is 0.0738. The highest BCUT2D eigenvalue weighted by molar-refractivity contribution is 5.77. The SMILES string of the molecule is C=CCn1c(=O)c2cnc(Nc3ccc4c(c3)OCCC3CN(C)CCN43)nc2n1-c1cccc(C(C)(C)O)n1. The molecule has 1 aromatic carbocycles. The van der Waals surface area contributed by atoms with E-state index in [-0.39, 0.29) is 12.1 Å². The van der Waals surface area contributed by atoms with Gasteiger partial charge in [-0.3, -0.25) is 4.79 Å². The van der Waals surface area contributed by atoms with Crippen molar-refractivity contribution in [1.29, 1.82) is 0 Å². The monoisotopic (exact) mass is 542 g/mol. The molecule has 1 saturated heterocycles. The largest absolute Gasteiger partial charge is 0.491 e. The van der Waals surface area contributed by atoms with E-state index in [9.17, 15) is 9.90 Å². The summed E-state index contributed by atoms with van der Waals surface area (Å²) in [6.07, 6.45) is 4.14. The quantitative estimate of drug-likeness (QED) is 0.355. The topological polar surface area (TPSA) is 114 Å². The predicted octanol–water partition coefficient (Wildman–Crippen LogP) is 3.04. The van der Waals surface area contributed by atoms with E-state index in [1.165, 1.54) is 10.9 Å². The van der Waals surface area contributed by atoms with Crippen molar-refractivity contribution in [3.8, 4) is 11.6 Å². The van der Waals surface area contributed by atoms with Crippen LogP contribution >= 0.6 is 0 Å². The van der Waals surface area contributed by atoms with Gasteiger partial charge in [-0.15, -0.1) is 6.58 Å². The molecule has 208 valence electrons. The summed E-state index contributed by atoms with van der Waals surface area (Å²) in [6.45, 7) is 11.1. The number of anilines is 3. The molecule has 3 aromatic heterocycles. The van der Waals surface area contributed by atoms with Crippen LogP contribution in [0.1, 0.15) is 26.0 Å². The van der Waals surface area contributed by atoms with Crippen molar-refractivity contribution in [2.45, 2.75) is 38.5 Å². The third kappa shape index (κ3) is 4.71. The van der Waals surface area contributed by atoms with Gasteiger partial charge in [0.15, 0.2) is 11.5 Å². The summed E-state index contributed by atoms with van der Waals surface area (Å²) in [6, 6.07) is 11.8. The third-order valence-corrected chi connectivity index (χ3v) is 7.48. The lowest BCUT2D eigenvalue weighted by Crippen LogP contribution is -2.51. The smallest absolute Gasteiger partial charge is 0.278 e. The Bertz CT molecular complexity index is 1640. The van der Waals surface area contributed by atoms with Gasteiger partial charge in [0.05, 0.1) is 24.5 Å². The number of allylic oxidation sites excluding steroid dienone is 1. The van der Waals surface area contributed by atoms with Crippen LogP contribution in [0.25, 0.3) is 16.9 Å². The number of likely N-dealkylation sites (N-methyl/N-ethyl adjacent to an activating group) is 1. The first-order chi connectivity index (χ1) is 19.2. The number of fused-ring (bicyclic) bond motifs is 4. The van der Waals surface area contributed by atoms with Crippen molar-refractivity contribution >= 4 is 28.4 Å². The average Bonchev–Trinajstić information content (AvgIpc) is 3.07. The Morgan fingerprint density at radius 1 is 1.23 bits per heavy atom. The fraction of sp³-hybridized carbons (Fsp3) is 0.379. The van der Waals surface area contributed by atoms with Crippen LogP contribution in [-0.4, -0.2) is 73.7 Å². The van der Waals surface area contributed by atoms with Crippen LogP contribution in [-0.2, 0) is 12.1 Å². The van der Waals surface area contributed by atoms with E-state index in [4.69, 9.17) is 9.72 Å². The zero-order valence-electron chi connectivity index (χ0n) is 23.0. The Hall–Kier alpha value is -4.22.